The van der Waals surface area contributed by atoms with Crippen LogP contribution in [-0.4, -0.2) is 39.7 Å². The third kappa shape index (κ3) is 3.80. The Kier molecular flexibility index (Phi) is 5.45. The first-order valence-electron chi connectivity index (χ1n) is 10.1. The summed E-state index contributed by atoms with van der Waals surface area (Å²) in [5, 5.41) is 5.64. The van der Waals surface area contributed by atoms with Crippen LogP contribution in [0, 0.1) is 5.92 Å². The molecule has 0 bridgehead atoms. The maximum atomic E-state index is 13.5. The van der Waals surface area contributed by atoms with Gasteiger partial charge in [0.2, 0.25) is 0 Å². The Bertz CT molecular complexity index is 1080. The standard InChI is InChI=1S/C23H26N4O2/c1-16-11-12-26(18(13-16)14-24)23(29)21-19-9-5-6-10-20(19)22(28)27(25-21)15-17-7-3-2-4-8-17/h2-10,16,18H,11-15,24H2,1H3. The molecule has 2 aromatic carbocycles. The summed E-state index contributed by atoms with van der Waals surface area (Å²) in [5.41, 5.74) is 7.06. The predicted octanol–water partition coefficient (Wildman–Crippen LogP) is 2.64. The zero-order chi connectivity index (χ0) is 20.4. The Labute approximate surface area is 169 Å². The molecule has 150 valence electrons. The van der Waals surface area contributed by atoms with Crippen molar-refractivity contribution in [2.45, 2.75) is 32.4 Å². The summed E-state index contributed by atoms with van der Waals surface area (Å²) in [7, 11) is 0. The minimum absolute atomic E-state index is 0.00122. The molecule has 29 heavy (non-hydrogen) atoms. The summed E-state index contributed by atoms with van der Waals surface area (Å²) in [4.78, 5) is 28.3. The molecule has 0 saturated carbocycles. The highest BCUT2D eigenvalue weighted by Gasteiger charge is 2.31. The van der Waals surface area contributed by atoms with Gasteiger partial charge in [0, 0.05) is 24.5 Å². The molecule has 4 rings (SSSR count). The van der Waals surface area contributed by atoms with Gasteiger partial charge in [0.05, 0.1) is 11.9 Å². The van der Waals surface area contributed by atoms with Gasteiger partial charge in [0.1, 0.15) is 0 Å². The van der Waals surface area contributed by atoms with E-state index in [1.165, 1.54) is 4.68 Å². The number of nitrogens with two attached hydrogens (primary N) is 1. The lowest BCUT2D eigenvalue weighted by Gasteiger charge is -2.37. The second-order valence-corrected chi connectivity index (χ2v) is 7.86. The first-order valence-corrected chi connectivity index (χ1v) is 10.1. The Morgan fingerprint density at radius 2 is 1.79 bits per heavy atom. The minimum atomic E-state index is -0.191. The number of piperidine rings is 1. The van der Waals surface area contributed by atoms with Gasteiger partial charge in [-0.15, -0.1) is 0 Å². The molecule has 0 spiro atoms. The van der Waals surface area contributed by atoms with Gasteiger partial charge in [0.25, 0.3) is 11.5 Å². The fourth-order valence-corrected chi connectivity index (χ4v) is 4.14. The molecular formula is C23H26N4O2. The van der Waals surface area contributed by atoms with E-state index in [1.54, 1.807) is 12.1 Å². The monoisotopic (exact) mass is 390 g/mol. The topological polar surface area (TPSA) is 81.2 Å². The van der Waals surface area contributed by atoms with Crippen molar-refractivity contribution >= 4 is 16.7 Å². The smallest absolute Gasteiger partial charge is 0.275 e. The second kappa shape index (κ2) is 8.17. The largest absolute Gasteiger partial charge is 0.333 e. The second-order valence-electron chi connectivity index (χ2n) is 7.86. The van der Waals surface area contributed by atoms with E-state index in [4.69, 9.17) is 5.73 Å². The quantitative estimate of drug-likeness (QED) is 0.743. The van der Waals surface area contributed by atoms with Crippen LogP contribution in [-0.2, 0) is 6.54 Å². The van der Waals surface area contributed by atoms with E-state index in [-0.39, 0.29) is 17.5 Å². The molecule has 6 nitrogen and oxygen atoms in total. The molecular weight excluding hydrogens is 364 g/mol. The van der Waals surface area contributed by atoms with Crippen LogP contribution < -0.4 is 11.3 Å². The summed E-state index contributed by atoms with van der Waals surface area (Å²) in [5.74, 6) is 0.398. The minimum Gasteiger partial charge on any atom is -0.333 e. The third-order valence-corrected chi connectivity index (χ3v) is 5.76. The third-order valence-electron chi connectivity index (χ3n) is 5.76. The molecule has 1 amide bonds. The summed E-state index contributed by atoms with van der Waals surface area (Å²) in [6.07, 6.45) is 1.84. The maximum absolute atomic E-state index is 13.5. The van der Waals surface area contributed by atoms with Crippen molar-refractivity contribution in [1.82, 2.24) is 14.7 Å². The predicted molar refractivity (Wildman–Crippen MR) is 114 cm³/mol. The van der Waals surface area contributed by atoms with E-state index in [2.05, 4.69) is 12.0 Å². The lowest BCUT2D eigenvalue weighted by atomic mass is 9.92. The van der Waals surface area contributed by atoms with Crippen molar-refractivity contribution < 1.29 is 4.79 Å². The van der Waals surface area contributed by atoms with Gasteiger partial charge in [-0.2, -0.15) is 5.10 Å². The number of aromatic nitrogens is 2. The van der Waals surface area contributed by atoms with Crippen LogP contribution in [0.4, 0.5) is 0 Å². The maximum Gasteiger partial charge on any atom is 0.275 e. The first kappa shape index (κ1) is 19.3. The van der Waals surface area contributed by atoms with Crippen LogP contribution in [0.15, 0.2) is 59.4 Å². The van der Waals surface area contributed by atoms with E-state index in [0.29, 0.717) is 42.0 Å². The summed E-state index contributed by atoms with van der Waals surface area (Å²) in [6, 6.07) is 16.9. The van der Waals surface area contributed by atoms with Gasteiger partial charge < -0.3 is 10.6 Å². The zero-order valence-corrected chi connectivity index (χ0v) is 16.6. The summed E-state index contributed by atoms with van der Waals surface area (Å²) in [6.45, 7) is 3.60. The zero-order valence-electron chi connectivity index (χ0n) is 16.6. The molecule has 6 heteroatoms. The number of likely N-dealkylation sites (tertiary alicyclic amines) is 1. The lowest BCUT2D eigenvalue weighted by molar-refractivity contribution is 0.0567. The highest BCUT2D eigenvalue weighted by atomic mass is 16.2. The van der Waals surface area contributed by atoms with Gasteiger partial charge in [-0.1, -0.05) is 55.5 Å². The fourth-order valence-electron chi connectivity index (χ4n) is 4.14. The average molecular weight is 390 g/mol. The molecule has 0 radical (unpaired) electrons. The number of nitrogens with zero attached hydrogens (tertiary/aromatic N) is 3. The van der Waals surface area contributed by atoms with Crippen molar-refractivity contribution in [3.63, 3.8) is 0 Å². The molecule has 1 aliphatic rings. The van der Waals surface area contributed by atoms with Crippen LogP contribution >= 0.6 is 0 Å². The Hall–Kier alpha value is -2.99. The van der Waals surface area contributed by atoms with E-state index >= 15 is 0 Å². The van der Waals surface area contributed by atoms with Crippen LogP contribution in [0.25, 0.3) is 10.8 Å². The van der Waals surface area contributed by atoms with E-state index in [1.807, 2.05) is 47.4 Å². The molecule has 3 aromatic rings. The van der Waals surface area contributed by atoms with Crippen molar-refractivity contribution in [2.24, 2.45) is 11.7 Å². The van der Waals surface area contributed by atoms with Crippen molar-refractivity contribution in [3.05, 3.63) is 76.2 Å². The highest BCUT2D eigenvalue weighted by Crippen LogP contribution is 2.25. The number of carbonyl (C=O) groups excluding carboxylic acids is 1. The summed E-state index contributed by atoms with van der Waals surface area (Å²) >= 11 is 0. The SMILES string of the molecule is CC1CCN(C(=O)c2nn(Cc3ccccc3)c(=O)c3ccccc23)C(CN)C1. The number of hydrogen-bond donors (Lipinski definition) is 1. The van der Waals surface area contributed by atoms with Crippen molar-refractivity contribution in [1.29, 1.82) is 0 Å². The Balaban J connectivity index is 1.80. The molecule has 1 saturated heterocycles. The molecule has 0 aliphatic carbocycles. The molecule has 2 unspecified atom stereocenters. The fraction of sp³-hybridized carbons (Fsp3) is 0.348. The van der Waals surface area contributed by atoms with Gasteiger partial charge in [-0.25, -0.2) is 4.68 Å². The lowest BCUT2D eigenvalue weighted by Crippen LogP contribution is -2.49. The van der Waals surface area contributed by atoms with Crippen molar-refractivity contribution in [2.75, 3.05) is 13.1 Å². The number of rotatable bonds is 4. The van der Waals surface area contributed by atoms with Crippen molar-refractivity contribution in [3.8, 4) is 0 Å². The van der Waals surface area contributed by atoms with E-state index < -0.39 is 0 Å². The Morgan fingerprint density at radius 1 is 1.10 bits per heavy atom. The molecule has 1 aromatic heterocycles. The molecule has 2 N–H and O–H groups in total. The normalized spacial score (nSPS) is 19.4. The number of amides is 1. The Morgan fingerprint density at radius 3 is 2.52 bits per heavy atom. The van der Waals surface area contributed by atoms with Crippen LogP contribution in [0.2, 0.25) is 0 Å². The van der Waals surface area contributed by atoms with Gasteiger partial charge in [0.15, 0.2) is 5.69 Å². The molecule has 1 fully saturated rings. The van der Waals surface area contributed by atoms with Crippen LogP contribution in [0.5, 0.6) is 0 Å². The van der Waals surface area contributed by atoms with Crippen LogP contribution in [0.1, 0.15) is 35.8 Å². The van der Waals surface area contributed by atoms with E-state index in [9.17, 15) is 9.59 Å². The highest BCUT2D eigenvalue weighted by molar-refractivity contribution is 6.04. The molecule has 2 heterocycles. The number of fused-ring (bicyclic) bond motifs is 1. The van der Waals surface area contributed by atoms with Crippen LogP contribution in [0.3, 0.4) is 0 Å². The number of benzene rings is 2. The van der Waals surface area contributed by atoms with Gasteiger partial charge in [-0.3, -0.25) is 9.59 Å². The summed E-state index contributed by atoms with van der Waals surface area (Å²) < 4.78 is 1.40. The molecule has 2 atom stereocenters. The van der Waals surface area contributed by atoms with Gasteiger partial charge >= 0.3 is 0 Å². The molecule has 1 aliphatic heterocycles. The first-order chi connectivity index (χ1) is 14.1. The average Bonchev–Trinajstić information content (AvgIpc) is 2.76. The van der Waals surface area contributed by atoms with Gasteiger partial charge in [-0.05, 0) is 30.4 Å². The van der Waals surface area contributed by atoms with E-state index in [0.717, 1.165) is 18.4 Å². The number of hydrogen-bond acceptors (Lipinski definition) is 4. The number of carbonyl (C=O) groups is 1.